The van der Waals surface area contributed by atoms with E-state index in [0.29, 0.717) is 44.2 Å². The number of aromatic amines is 1. The Kier molecular flexibility index (Phi) is 12.1. The number of ether oxygens (including phenoxy) is 1. The zero-order valence-corrected chi connectivity index (χ0v) is 29.7. The van der Waals surface area contributed by atoms with E-state index in [1.54, 1.807) is 25.9 Å². The fourth-order valence-corrected chi connectivity index (χ4v) is 5.82. The maximum atomic E-state index is 14.2. The Bertz CT molecular complexity index is 1690. The first-order valence-electron chi connectivity index (χ1n) is 16.1. The van der Waals surface area contributed by atoms with Crippen LogP contribution in [0.15, 0.2) is 53.0 Å². The van der Waals surface area contributed by atoms with Crippen LogP contribution in [0, 0.1) is 11.8 Å². The van der Waals surface area contributed by atoms with Crippen molar-refractivity contribution in [2.45, 2.75) is 75.9 Å². The van der Waals surface area contributed by atoms with Gasteiger partial charge in [0, 0.05) is 41.2 Å². The predicted molar refractivity (Wildman–Crippen MR) is 181 cm³/mol. The fourth-order valence-electron chi connectivity index (χ4n) is 5.56. The molecule has 1 aliphatic carbocycles. The molecule has 5 N–H and O–H groups in total. The lowest BCUT2D eigenvalue weighted by Gasteiger charge is -2.34. The van der Waals surface area contributed by atoms with Gasteiger partial charge in [0.2, 0.25) is 11.7 Å². The number of carboxylic acids is 1. The SMILES string of the molecule is CC(C)(C)OC(=O)NCC1CCC(C(=O)NC(C=O)(CNc2ccc(-c3n[nH]c(C(F)(F)C(F)(F)C(=O)O)n3)cc2)Cc2ccc(Br)cc2)CC1. The number of carbonyl (C=O) groups excluding carboxylic acids is 3. The Morgan fingerprint density at radius 3 is 2.20 bits per heavy atom. The number of nitrogens with zero attached hydrogens (tertiary/aromatic N) is 2. The number of benzene rings is 2. The minimum absolute atomic E-state index is 0.0336. The molecule has 12 nitrogen and oxygen atoms in total. The quantitative estimate of drug-likeness (QED) is 0.0958. The van der Waals surface area contributed by atoms with Crippen molar-refractivity contribution in [3.63, 3.8) is 0 Å². The van der Waals surface area contributed by atoms with Gasteiger partial charge in [-0.25, -0.2) is 14.6 Å². The van der Waals surface area contributed by atoms with Crippen LogP contribution in [0.2, 0.25) is 0 Å². The molecular formula is C34H39BrF4N6O6. The Hall–Kier alpha value is -4.54. The van der Waals surface area contributed by atoms with Gasteiger partial charge < -0.3 is 30.6 Å². The van der Waals surface area contributed by atoms with Crippen molar-refractivity contribution in [3.05, 3.63) is 64.4 Å². The van der Waals surface area contributed by atoms with Crippen molar-refractivity contribution >= 4 is 45.9 Å². The molecule has 1 aromatic heterocycles. The number of carbonyl (C=O) groups is 4. The number of hydrogen-bond donors (Lipinski definition) is 5. The van der Waals surface area contributed by atoms with E-state index in [-0.39, 0.29) is 42.1 Å². The molecule has 0 radical (unpaired) electrons. The van der Waals surface area contributed by atoms with Crippen molar-refractivity contribution < 1.29 is 46.6 Å². The number of rotatable bonds is 14. The molecule has 1 heterocycles. The number of halogens is 5. The van der Waals surface area contributed by atoms with Crippen LogP contribution in [-0.4, -0.2) is 74.7 Å². The van der Waals surface area contributed by atoms with Gasteiger partial charge in [-0.2, -0.15) is 22.7 Å². The van der Waals surface area contributed by atoms with Gasteiger partial charge in [0.25, 0.3) is 0 Å². The van der Waals surface area contributed by atoms with E-state index < -0.39 is 40.9 Å². The van der Waals surface area contributed by atoms with Crippen LogP contribution in [0.4, 0.5) is 28.0 Å². The first-order chi connectivity index (χ1) is 23.8. The van der Waals surface area contributed by atoms with E-state index in [1.807, 2.05) is 24.3 Å². The lowest BCUT2D eigenvalue weighted by Crippen LogP contribution is -2.57. The molecule has 17 heteroatoms. The zero-order valence-electron chi connectivity index (χ0n) is 28.1. The van der Waals surface area contributed by atoms with Crippen LogP contribution in [0.1, 0.15) is 57.8 Å². The number of H-pyrrole nitrogens is 1. The normalized spacial score (nSPS) is 17.9. The Balaban J connectivity index is 1.43. The predicted octanol–water partition coefficient (Wildman–Crippen LogP) is 6.09. The Morgan fingerprint density at radius 2 is 1.63 bits per heavy atom. The average molecular weight is 784 g/mol. The number of aromatic nitrogens is 3. The molecule has 0 aliphatic heterocycles. The molecule has 0 saturated heterocycles. The van der Waals surface area contributed by atoms with Gasteiger partial charge in [-0.3, -0.25) is 9.89 Å². The van der Waals surface area contributed by atoms with Crippen molar-refractivity contribution in [3.8, 4) is 11.4 Å². The van der Waals surface area contributed by atoms with Crippen LogP contribution < -0.4 is 16.0 Å². The highest BCUT2D eigenvalue weighted by Gasteiger charge is 2.65. The summed E-state index contributed by atoms with van der Waals surface area (Å²) < 4.78 is 61.7. The number of amides is 2. The highest BCUT2D eigenvalue weighted by molar-refractivity contribution is 9.10. The third-order valence-electron chi connectivity index (χ3n) is 8.38. The lowest BCUT2D eigenvalue weighted by atomic mass is 9.80. The molecule has 1 atom stereocenters. The highest BCUT2D eigenvalue weighted by atomic mass is 79.9. The summed E-state index contributed by atoms with van der Waals surface area (Å²) >= 11 is 3.39. The smallest absolute Gasteiger partial charge is 0.411 e. The minimum Gasteiger partial charge on any atom is -0.477 e. The van der Waals surface area contributed by atoms with Gasteiger partial charge in [0.05, 0.1) is 0 Å². The summed E-state index contributed by atoms with van der Waals surface area (Å²) in [6.07, 6.45) is 2.88. The summed E-state index contributed by atoms with van der Waals surface area (Å²) in [7, 11) is 0. The summed E-state index contributed by atoms with van der Waals surface area (Å²) in [5.74, 6) is -16.0. The van der Waals surface area contributed by atoms with E-state index in [0.717, 1.165) is 10.0 Å². The Labute approximate surface area is 299 Å². The third kappa shape index (κ3) is 10.0. The summed E-state index contributed by atoms with van der Waals surface area (Å²) in [5, 5.41) is 22.7. The van der Waals surface area contributed by atoms with Gasteiger partial charge in [-0.1, -0.05) is 28.1 Å². The maximum absolute atomic E-state index is 14.2. The monoisotopic (exact) mass is 782 g/mol. The van der Waals surface area contributed by atoms with Gasteiger partial charge in [0.1, 0.15) is 17.4 Å². The number of aldehydes is 1. The summed E-state index contributed by atoms with van der Waals surface area (Å²) in [6, 6.07) is 13.1. The Morgan fingerprint density at radius 1 is 1.00 bits per heavy atom. The molecule has 2 amide bonds. The standard InChI is InChI=1S/C34H39BrF4N6O6/c1-31(2,3)51-30(50)40-17-21-4-8-23(9-5-21)27(47)43-32(19-46,16-20-6-12-24(35)13-7-20)18-41-25-14-10-22(11-15-25)26-42-28(45-44-26)33(36,37)34(38,39)29(48)49/h6-7,10-15,19,21,23,41H,4-5,8-9,16-18H2,1-3H3,(H,40,50)(H,43,47)(H,48,49)(H,42,44,45). The van der Waals surface area contributed by atoms with Crippen LogP contribution in [0.3, 0.4) is 0 Å². The fraction of sp³-hybridized carbons (Fsp3) is 0.471. The highest BCUT2D eigenvalue weighted by Crippen LogP contribution is 2.42. The van der Waals surface area contributed by atoms with E-state index in [1.165, 1.54) is 24.3 Å². The number of carboxylic acid groups (broad SMARTS) is 1. The average Bonchev–Trinajstić information content (AvgIpc) is 3.58. The van der Waals surface area contributed by atoms with Crippen molar-refractivity contribution in [1.82, 2.24) is 25.8 Å². The molecule has 1 unspecified atom stereocenters. The van der Waals surface area contributed by atoms with Gasteiger partial charge in [-0.15, -0.1) is 0 Å². The topological polar surface area (TPSA) is 175 Å². The number of nitrogens with one attached hydrogen (secondary N) is 4. The molecule has 276 valence electrons. The summed E-state index contributed by atoms with van der Waals surface area (Å²) in [6.45, 7) is 5.74. The summed E-state index contributed by atoms with van der Waals surface area (Å²) in [4.78, 5) is 52.5. The van der Waals surface area contributed by atoms with Gasteiger partial charge in [-0.05, 0) is 94.3 Å². The molecule has 4 rings (SSSR count). The third-order valence-corrected chi connectivity index (χ3v) is 8.91. The van der Waals surface area contributed by atoms with E-state index in [2.05, 4.69) is 42.0 Å². The van der Waals surface area contributed by atoms with Gasteiger partial charge >= 0.3 is 23.9 Å². The molecule has 1 fully saturated rings. The molecule has 0 spiro atoms. The second kappa shape index (κ2) is 15.8. The molecule has 3 aromatic rings. The van der Waals surface area contributed by atoms with Crippen molar-refractivity contribution in [1.29, 1.82) is 0 Å². The van der Waals surface area contributed by atoms with Crippen LogP contribution in [0.5, 0.6) is 0 Å². The van der Waals surface area contributed by atoms with Crippen LogP contribution in [0.25, 0.3) is 11.4 Å². The second-order valence-corrected chi connectivity index (χ2v) is 14.5. The van der Waals surface area contributed by atoms with Crippen LogP contribution >= 0.6 is 15.9 Å². The molecule has 1 saturated carbocycles. The minimum atomic E-state index is -5.42. The first-order valence-corrected chi connectivity index (χ1v) is 16.9. The molecule has 51 heavy (non-hydrogen) atoms. The lowest BCUT2D eigenvalue weighted by molar-refractivity contribution is -0.231. The van der Waals surface area contributed by atoms with E-state index in [9.17, 15) is 36.7 Å². The molecule has 1 aliphatic rings. The zero-order chi connectivity index (χ0) is 37.6. The van der Waals surface area contributed by atoms with E-state index >= 15 is 0 Å². The number of anilines is 1. The maximum Gasteiger partial charge on any atom is 0.411 e. The number of hydrogen-bond acceptors (Lipinski definition) is 8. The first kappa shape index (κ1) is 39.2. The molecule has 0 bridgehead atoms. The van der Waals surface area contributed by atoms with Gasteiger partial charge in [0.15, 0.2) is 5.82 Å². The van der Waals surface area contributed by atoms with Crippen molar-refractivity contribution in [2.24, 2.45) is 11.8 Å². The number of alkyl halides is 4. The second-order valence-electron chi connectivity index (χ2n) is 13.6. The van der Waals surface area contributed by atoms with E-state index in [4.69, 9.17) is 9.84 Å². The van der Waals surface area contributed by atoms with Crippen molar-refractivity contribution in [2.75, 3.05) is 18.4 Å². The van der Waals surface area contributed by atoms with Crippen LogP contribution in [-0.2, 0) is 31.5 Å². The number of alkyl carbamates (subject to hydrolysis) is 1. The molecule has 2 aromatic carbocycles. The number of aliphatic carboxylic acids is 1. The largest absolute Gasteiger partial charge is 0.477 e. The molecular weight excluding hydrogens is 744 g/mol. The summed E-state index contributed by atoms with van der Waals surface area (Å²) in [5.41, 5.74) is -0.588.